The minimum Gasteiger partial charge on any atom is -0.341 e. The lowest BCUT2D eigenvalue weighted by atomic mass is 9.86. The van der Waals surface area contributed by atoms with Crippen molar-refractivity contribution in [1.82, 2.24) is 4.90 Å². The lowest BCUT2D eigenvalue weighted by Crippen LogP contribution is -2.43. The number of aliphatic imine (C=N–C) groups is 1. The average molecular weight is 224 g/mol. The second-order valence-corrected chi connectivity index (χ2v) is 5.40. The van der Waals surface area contributed by atoms with Crippen LogP contribution >= 0.6 is 0 Å². The van der Waals surface area contributed by atoms with Crippen molar-refractivity contribution in [2.75, 3.05) is 13.1 Å². The van der Waals surface area contributed by atoms with E-state index in [0.29, 0.717) is 13.0 Å². The van der Waals surface area contributed by atoms with Crippen molar-refractivity contribution < 1.29 is 9.59 Å². The summed E-state index contributed by atoms with van der Waals surface area (Å²) >= 11 is 0. The van der Waals surface area contributed by atoms with Crippen LogP contribution in [0.1, 0.15) is 40.0 Å². The zero-order valence-electron chi connectivity index (χ0n) is 10.3. The Morgan fingerprint density at radius 3 is 2.62 bits per heavy atom. The summed E-state index contributed by atoms with van der Waals surface area (Å²) < 4.78 is 0. The first-order valence-electron chi connectivity index (χ1n) is 5.80. The van der Waals surface area contributed by atoms with Gasteiger partial charge in [0.25, 0.3) is 0 Å². The fraction of sp³-hybridized carbons (Fsp3) is 0.833. The standard InChI is InChI=1S/C12H20N2O2/c1-12(2,3)10(13-9-15)8-14-7-5-4-6-11(14)16/h10H,4-8H2,1-3H3/t10-/m1/s1. The smallest absolute Gasteiger partial charge is 0.235 e. The van der Waals surface area contributed by atoms with Gasteiger partial charge < -0.3 is 4.90 Å². The minimum atomic E-state index is -0.160. The molecule has 1 fully saturated rings. The highest BCUT2D eigenvalue weighted by Crippen LogP contribution is 2.24. The number of amides is 1. The molecule has 0 unspecified atom stereocenters. The Balaban J connectivity index is 2.67. The molecule has 0 aromatic carbocycles. The number of carbonyl (C=O) groups is 1. The zero-order chi connectivity index (χ0) is 12.2. The highest BCUT2D eigenvalue weighted by atomic mass is 16.2. The van der Waals surface area contributed by atoms with Crippen LogP contribution in [-0.2, 0) is 9.59 Å². The van der Waals surface area contributed by atoms with Crippen LogP contribution in [0.25, 0.3) is 0 Å². The lowest BCUT2D eigenvalue weighted by molar-refractivity contribution is -0.133. The Labute approximate surface area is 96.7 Å². The molecule has 0 bridgehead atoms. The average Bonchev–Trinajstić information content (AvgIpc) is 2.19. The lowest BCUT2D eigenvalue weighted by Gasteiger charge is -2.33. The summed E-state index contributed by atoms with van der Waals surface area (Å²) in [6.07, 6.45) is 4.27. The second kappa shape index (κ2) is 5.26. The van der Waals surface area contributed by atoms with Crippen molar-refractivity contribution in [2.24, 2.45) is 10.4 Å². The molecule has 0 N–H and O–H groups in total. The predicted octanol–water partition coefficient (Wildman–Crippen LogP) is 1.75. The van der Waals surface area contributed by atoms with E-state index in [1.165, 1.54) is 0 Å². The Hall–Kier alpha value is -1.15. The number of nitrogens with zero attached hydrogens (tertiary/aromatic N) is 2. The van der Waals surface area contributed by atoms with E-state index in [9.17, 15) is 9.59 Å². The van der Waals surface area contributed by atoms with Gasteiger partial charge in [-0.2, -0.15) is 0 Å². The van der Waals surface area contributed by atoms with Crippen LogP contribution in [0.2, 0.25) is 0 Å². The maximum absolute atomic E-state index is 11.6. The highest BCUT2D eigenvalue weighted by molar-refractivity contribution is 5.76. The molecular weight excluding hydrogens is 204 g/mol. The molecule has 1 saturated heterocycles. The van der Waals surface area contributed by atoms with Crippen LogP contribution < -0.4 is 0 Å². The summed E-state index contributed by atoms with van der Waals surface area (Å²) in [4.78, 5) is 27.7. The predicted molar refractivity (Wildman–Crippen MR) is 61.8 cm³/mol. The molecule has 1 heterocycles. The number of rotatable bonds is 3. The third-order valence-corrected chi connectivity index (χ3v) is 3.02. The van der Waals surface area contributed by atoms with Crippen LogP contribution in [0.15, 0.2) is 4.99 Å². The quantitative estimate of drug-likeness (QED) is 0.541. The van der Waals surface area contributed by atoms with Gasteiger partial charge in [-0.15, -0.1) is 0 Å². The molecule has 1 aliphatic rings. The van der Waals surface area contributed by atoms with Crippen LogP contribution in [-0.4, -0.2) is 36.0 Å². The fourth-order valence-electron chi connectivity index (χ4n) is 1.84. The Morgan fingerprint density at radius 1 is 1.44 bits per heavy atom. The van der Waals surface area contributed by atoms with E-state index >= 15 is 0 Å². The first kappa shape index (κ1) is 12.9. The summed E-state index contributed by atoms with van der Waals surface area (Å²) in [6, 6.07) is -0.160. The Kier molecular flexibility index (Phi) is 4.25. The summed E-state index contributed by atoms with van der Waals surface area (Å²) in [5.74, 6) is 0.182. The number of hydrogen-bond donors (Lipinski definition) is 0. The first-order valence-corrected chi connectivity index (χ1v) is 5.80. The van der Waals surface area contributed by atoms with Gasteiger partial charge in [0.2, 0.25) is 12.0 Å². The monoisotopic (exact) mass is 224 g/mol. The molecule has 1 rings (SSSR count). The van der Waals surface area contributed by atoms with Gasteiger partial charge in [-0.1, -0.05) is 20.8 Å². The van der Waals surface area contributed by atoms with Gasteiger partial charge in [0.1, 0.15) is 0 Å². The summed E-state index contributed by atoms with van der Waals surface area (Å²) in [5, 5.41) is 0. The van der Waals surface area contributed by atoms with Gasteiger partial charge in [0.05, 0.1) is 6.04 Å². The van der Waals surface area contributed by atoms with Gasteiger partial charge in [-0.25, -0.2) is 9.79 Å². The fourth-order valence-corrected chi connectivity index (χ4v) is 1.84. The van der Waals surface area contributed by atoms with Crippen molar-refractivity contribution in [2.45, 2.75) is 46.1 Å². The van der Waals surface area contributed by atoms with Gasteiger partial charge >= 0.3 is 0 Å². The SMILES string of the molecule is CC(C)(C)[C@@H](CN1CCCCC1=O)N=C=O. The van der Waals surface area contributed by atoms with Crippen molar-refractivity contribution in [3.8, 4) is 0 Å². The van der Waals surface area contributed by atoms with Crippen LogP contribution in [0.5, 0.6) is 0 Å². The van der Waals surface area contributed by atoms with E-state index < -0.39 is 0 Å². The molecule has 90 valence electrons. The molecule has 1 amide bonds. The molecule has 0 spiro atoms. The highest BCUT2D eigenvalue weighted by Gasteiger charge is 2.29. The number of piperidine rings is 1. The van der Waals surface area contributed by atoms with Crippen LogP contribution in [0, 0.1) is 5.41 Å². The van der Waals surface area contributed by atoms with E-state index in [0.717, 1.165) is 19.4 Å². The van der Waals surface area contributed by atoms with Gasteiger partial charge in [0.15, 0.2) is 0 Å². The third kappa shape index (κ3) is 3.46. The van der Waals surface area contributed by atoms with Crippen LogP contribution in [0.3, 0.4) is 0 Å². The normalized spacial score (nSPS) is 19.2. The van der Waals surface area contributed by atoms with Gasteiger partial charge in [0, 0.05) is 19.5 Å². The van der Waals surface area contributed by atoms with E-state index in [1.54, 1.807) is 6.08 Å². The largest absolute Gasteiger partial charge is 0.341 e. The molecule has 0 radical (unpaired) electrons. The number of carbonyl (C=O) groups excluding carboxylic acids is 2. The topological polar surface area (TPSA) is 49.7 Å². The van der Waals surface area contributed by atoms with E-state index in [-0.39, 0.29) is 17.4 Å². The van der Waals surface area contributed by atoms with Crippen molar-refractivity contribution in [3.05, 3.63) is 0 Å². The molecule has 1 atom stereocenters. The molecule has 1 aliphatic heterocycles. The van der Waals surface area contributed by atoms with E-state index in [4.69, 9.17) is 0 Å². The molecule has 0 aromatic heterocycles. The van der Waals surface area contributed by atoms with Crippen molar-refractivity contribution in [3.63, 3.8) is 0 Å². The van der Waals surface area contributed by atoms with Crippen LogP contribution in [0.4, 0.5) is 0 Å². The summed E-state index contributed by atoms with van der Waals surface area (Å²) in [7, 11) is 0. The van der Waals surface area contributed by atoms with E-state index in [1.807, 2.05) is 25.7 Å². The third-order valence-electron chi connectivity index (χ3n) is 3.02. The van der Waals surface area contributed by atoms with Crippen molar-refractivity contribution in [1.29, 1.82) is 0 Å². The molecule has 0 aromatic rings. The second-order valence-electron chi connectivity index (χ2n) is 5.40. The number of hydrogen-bond acceptors (Lipinski definition) is 3. The number of isocyanates is 1. The van der Waals surface area contributed by atoms with E-state index in [2.05, 4.69) is 4.99 Å². The Bertz CT molecular complexity index is 301. The van der Waals surface area contributed by atoms with Gasteiger partial charge in [-0.05, 0) is 18.3 Å². The molecule has 16 heavy (non-hydrogen) atoms. The maximum Gasteiger partial charge on any atom is 0.235 e. The molecular formula is C12H20N2O2. The summed E-state index contributed by atoms with van der Waals surface area (Å²) in [6.45, 7) is 7.39. The van der Waals surface area contributed by atoms with Gasteiger partial charge in [-0.3, -0.25) is 4.79 Å². The maximum atomic E-state index is 11.6. The first-order chi connectivity index (χ1) is 7.45. The van der Waals surface area contributed by atoms with Crippen molar-refractivity contribution >= 4 is 12.0 Å². The number of likely N-dealkylation sites (tertiary alicyclic amines) is 1. The minimum absolute atomic E-state index is 0.116. The molecule has 0 aliphatic carbocycles. The summed E-state index contributed by atoms with van der Waals surface area (Å²) in [5.41, 5.74) is -0.116. The molecule has 4 heteroatoms. The molecule has 0 saturated carbocycles. The Morgan fingerprint density at radius 2 is 2.12 bits per heavy atom. The zero-order valence-corrected chi connectivity index (χ0v) is 10.3. The molecule has 4 nitrogen and oxygen atoms in total.